The molecular weight excluding hydrogens is 308 g/mol. The van der Waals surface area contributed by atoms with Crippen LogP contribution in [0.5, 0.6) is 0 Å². The third-order valence-corrected chi connectivity index (χ3v) is 3.76. The topological polar surface area (TPSA) is 42.5 Å². The number of benzene rings is 2. The Hall–Kier alpha value is -1.95. The Kier molecular flexibility index (Phi) is 7.00. The molecule has 0 radical (unpaired) electrons. The molecule has 0 saturated heterocycles. The van der Waals surface area contributed by atoms with E-state index in [1.54, 1.807) is 14.2 Å². The predicted octanol–water partition coefficient (Wildman–Crippen LogP) is 2.86. The average molecular weight is 330 g/mol. The predicted molar refractivity (Wildman–Crippen MR) is 96.3 cm³/mol. The maximum Gasteiger partial charge on any atom is 0.174 e. The lowest BCUT2D eigenvalue weighted by atomic mass is 9.99. The Morgan fingerprint density at radius 1 is 0.913 bits per heavy atom. The number of ether oxygens (including phenoxy) is 2. The SMILES string of the molecule is COC(CNC(=S)NC(c1ccccc1)c1ccccc1)OC. The summed E-state index contributed by atoms with van der Waals surface area (Å²) in [7, 11) is 3.20. The summed E-state index contributed by atoms with van der Waals surface area (Å²) in [6.45, 7) is 0.481. The molecule has 0 spiro atoms. The summed E-state index contributed by atoms with van der Waals surface area (Å²) < 4.78 is 10.3. The molecule has 0 unspecified atom stereocenters. The molecule has 0 bridgehead atoms. The lowest BCUT2D eigenvalue weighted by molar-refractivity contribution is -0.0965. The highest BCUT2D eigenvalue weighted by atomic mass is 32.1. The van der Waals surface area contributed by atoms with Crippen molar-refractivity contribution in [2.45, 2.75) is 12.3 Å². The number of methoxy groups -OCH3 is 2. The minimum Gasteiger partial charge on any atom is -0.358 e. The largest absolute Gasteiger partial charge is 0.358 e. The summed E-state index contributed by atoms with van der Waals surface area (Å²) in [5, 5.41) is 7.04. The Bertz CT molecular complexity index is 549. The molecule has 0 aromatic heterocycles. The van der Waals surface area contributed by atoms with Crippen molar-refractivity contribution in [1.29, 1.82) is 0 Å². The number of rotatable bonds is 7. The minimum absolute atomic E-state index is 0.0130. The lowest BCUT2D eigenvalue weighted by Crippen LogP contribution is -2.42. The molecule has 0 aliphatic carbocycles. The van der Waals surface area contributed by atoms with Gasteiger partial charge in [-0.1, -0.05) is 60.7 Å². The van der Waals surface area contributed by atoms with Crippen LogP contribution in [-0.4, -0.2) is 32.2 Å². The van der Waals surface area contributed by atoms with Gasteiger partial charge in [-0.2, -0.15) is 0 Å². The molecule has 122 valence electrons. The standard InChI is InChI=1S/C18H22N2O2S/c1-21-16(22-2)13-19-18(23)20-17(14-9-5-3-6-10-14)15-11-7-4-8-12-15/h3-12,16-17H,13H2,1-2H3,(H2,19,20,23). The van der Waals surface area contributed by atoms with E-state index in [1.165, 1.54) is 0 Å². The maximum absolute atomic E-state index is 5.41. The van der Waals surface area contributed by atoms with Crippen LogP contribution in [0, 0.1) is 0 Å². The van der Waals surface area contributed by atoms with E-state index < -0.39 is 0 Å². The van der Waals surface area contributed by atoms with Crippen LogP contribution in [0.4, 0.5) is 0 Å². The highest BCUT2D eigenvalue weighted by Gasteiger charge is 2.15. The summed E-state index contributed by atoms with van der Waals surface area (Å²) in [5.41, 5.74) is 2.30. The van der Waals surface area contributed by atoms with Crippen molar-refractivity contribution in [1.82, 2.24) is 10.6 Å². The van der Waals surface area contributed by atoms with Gasteiger partial charge in [-0.25, -0.2) is 0 Å². The van der Waals surface area contributed by atoms with Crippen molar-refractivity contribution in [3.8, 4) is 0 Å². The zero-order valence-electron chi connectivity index (χ0n) is 13.4. The second-order valence-electron chi connectivity index (χ2n) is 5.01. The molecular formula is C18H22N2O2S. The van der Waals surface area contributed by atoms with Gasteiger partial charge in [0.1, 0.15) is 0 Å². The molecule has 0 atom stereocenters. The van der Waals surface area contributed by atoms with Gasteiger partial charge in [0.25, 0.3) is 0 Å². The van der Waals surface area contributed by atoms with Gasteiger partial charge in [-0.05, 0) is 23.3 Å². The van der Waals surface area contributed by atoms with E-state index in [9.17, 15) is 0 Å². The van der Waals surface area contributed by atoms with Gasteiger partial charge in [0.2, 0.25) is 0 Å². The van der Waals surface area contributed by atoms with Crippen LogP contribution in [0.3, 0.4) is 0 Å². The Labute approximate surface area is 142 Å². The van der Waals surface area contributed by atoms with Gasteiger partial charge in [-0.3, -0.25) is 0 Å². The van der Waals surface area contributed by atoms with Gasteiger partial charge in [0.05, 0.1) is 12.6 Å². The van der Waals surface area contributed by atoms with Gasteiger partial charge in [0, 0.05) is 14.2 Å². The number of thiocarbonyl (C=S) groups is 1. The quantitative estimate of drug-likeness (QED) is 0.604. The van der Waals surface area contributed by atoms with Gasteiger partial charge in [0.15, 0.2) is 11.4 Å². The molecule has 0 heterocycles. The summed E-state index contributed by atoms with van der Waals surface area (Å²) in [4.78, 5) is 0. The zero-order valence-corrected chi connectivity index (χ0v) is 14.2. The van der Waals surface area contributed by atoms with E-state index >= 15 is 0 Å². The molecule has 0 saturated carbocycles. The van der Waals surface area contributed by atoms with Gasteiger partial charge >= 0.3 is 0 Å². The van der Waals surface area contributed by atoms with Crippen LogP contribution in [-0.2, 0) is 9.47 Å². The molecule has 0 aliphatic heterocycles. The summed E-state index contributed by atoms with van der Waals surface area (Å²) in [6, 6.07) is 20.4. The number of hydrogen-bond donors (Lipinski definition) is 2. The molecule has 4 nitrogen and oxygen atoms in total. The lowest BCUT2D eigenvalue weighted by Gasteiger charge is -2.23. The maximum atomic E-state index is 5.41. The van der Waals surface area contributed by atoms with Crippen molar-refractivity contribution in [3.63, 3.8) is 0 Å². The highest BCUT2D eigenvalue weighted by molar-refractivity contribution is 7.80. The highest BCUT2D eigenvalue weighted by Crippen LogP contribution is 2.21. The summed E-state index contributed by atoms with van der Waals surface area (Å²) >= 11 is 5.41. The third kappa shape index (κ3) is 5.32. The first-order valence-electron chi connectivity index (χ1n) is 7.44. The van der Waals surface area contributed by atoms with Crippen molar-refractivity contribution >= 4 is 17.3 Å². The first-order valence-corrected chi connectivity index (χ1v) is 7.85. The zero-order chi connectivity index (χ0) is 16.5. The van der Waals surface area contributed by atoms with Crippen LogP contribution >= 0.6 is 12.2 Å². The van der Waals surface area contributed by atoms with Crippen LogP contribution < -0.4 is 10.6 Å². The molecule has 2 rings (SSSR count). The van der Waals surface area contributed by atoms with E-state index in [1.807, 2.05) is 36.4 Å². The van der Waals surface area contributed by atoms with Crippen molar-refractivity contribution < 1.29 is 9.47 Å². The first-order chi connectivity index (χ1) is 11.2. The fourth-order valence-corrected chi connectivity index (χ4v) is 2.47. The van der Waals surface area contributed by atoms with Crippen LogP contribution in [0.15, 0.2) is 60.7 Å². The fourth-order valence-electron chi connectivity index (χ4n) is 2.27. The molecule has 0 amide bonds. The fraction of sp³-hybridized carbons (Fsp3) is 0.278. The smallest absolute Gasteiger partial charge is 0.174 e. The number of nitrogens with one attached hydrogen (secondary N) is 2. The normalized spacial score (nSPS) is 10.8. The molecule has 2 aromatic rings. The van der Waals surface area contributed by atoms with E-state index in [4.69, 9.17) is 21.7 Å². The monoisotopic (exact) mass is 330 g/mol. The van der Waals surface area contributed by atoms with Gasteiger partial charge in [-0.15, -0.1) is 0 Å². The summed E-state index contributed by atoms with van der Waals surface area (Å²) in [6.07, 6.45) is -0.332. The molecule has 5 heteroatoms. The van der Waals surface area contributed by atoms with E-state index in [0.717, 1.165) is 11.1 Å². The molecule has 23 heavy (non-hydrogen) atoms. The van der Waals surface area contributed by atoms with E-state index in [-0.39, 0.29) is 12.3 Å². The molecule has 0 aliphatic rings. The van der Waals surface area contributed by atoms with Crippen molar-refractivity contribution in [2.24, 2.45) is 0 Å². The van der Waals surface area contributed by atoms with Crippen LogP contribution in [0.2, 0.25) is 0 Å². The molecule has 2 N–H and O–H groups in total. The third-order valence-electron chi connectivity index (χ3n) is 3.50. The van der Waals surface area contributed by atoms with Crippen molar-refractivity contribution in [2.75, 3.05) is 20.8 Å². The Morgan fingerprint density at radius 3 is 1.83 bits per heavy atom. The molecule has 0 fully saturated rings. The Balaban J connectivity index is 2.08. The Morgan fingerprint density at radius 2 is 1.39 bits per heavy atom. The van der Waals surface area contributed by atoms with Crippen LogP contribution in [0.25, 0.3) is 0 Å². The van der Waals surface area contributed by atoms with E-state index in [2.05, 4.69) is 34.9 Å². The second kappa shape index (κ2) is 9.25. The first kappa shape index (κ1) is 17.4. The summed E-state index contributed by atoms with van der Waals surface area (Å²) in [5.74, 6) is 0. The van der Waals surface area contributed by atoms with E-state index in [0.29, 0.717) is 11.7 Å². The number of hydrogen-bond acceptors (Lipinski definition) is 3. The van der Waals surface area contributed by atoms with Crippen molar-refractivity contribution in [3.05, 3.63) is 71.8 Å². The average Bonchev–Trinajstić information content (AvgIpc) is 2.62. The second-order valence-corrected chi connectivity index (χ2v) is 5.42. The van der Waals surface area contributed by atoms with Crippen LogP contribution in [0.1, 0.15) is 17.2 Å². The van der Waals surface area contributed by atoms with Gasteiger partial charge < -0.3 is 20.1 Å². The minimum atomic E-state index is -0.332. The molecule has 2 aromatic carbocycles.